The molecule has 0 amide bonds. The Morgan fingerprint density at radius 3 is 1.89 bits per heavy atom. The van der Waals surface area contributed by atoms with Crippen LogP contribution in [0.2, 0.25) is 0 Å². The summed E-state index contributed by atoms with van der Waals surface area (Å²) in [6, 6.07) is 0. The average molecular weight is 258 g/mol. The van der Waals surface area contributed by atoms with Crippen LogP contribution in [0.5, 0.6) is 0 Å². The number of carbonyl (C=O) groups is 2. The number of methoxy groups -OCH3 is 2. The molecule has 0 rings (SSSR count). The van der Waals surface area contributed by atoms with Crippen molar-refractivity contribution in [3.8, 4) is 0 Å². The molecule has 0 aliphatic rings. The van der Waals surface area contributed by atoms with Crippen molar-refractivity contribution in [2.24, 2.45) is 10.8 Å². The smallest absolute Gasteiger partial charge is 0.311 e. The van der Waals surface area contributed by atoms with Crippen molar-refractivity contribution in [1.29, 1.82) is 0 Å². The highest BCUT2D eigenvalue weighted by Crippen LogP contribution is 2.39. The summed E-state index contributed by atoms with van der Waals surface area (Å²) in [5.41, 5.74) is -1.33. The molecule has 0 aliphatic carbocycles. The molecule has 0 bridgehead atoms. The Morgan fingerprint density at radius 1 is 1.00 bits per heavy atom. The first kappa shape index (κ1) is 16.9. The van der Waals surface area contributed by atoms with Crippen molar-refractivity contribution in [3.05, 3.63) is 0 Å². The monoisotopic (exact) mass is 258 g/mol. The highest BCUT2D eigenvalue weighted by molar-refractivity contribution is 5.80. The van der Waals surface area contributed by atoms with Gasteiger partial charge in [0.2, 0.25) is 0 Å². The minimum Gasteiger partial charge on any atom is -0.469 e. The van der Waals surface area contributed by atoms with Crippen molar-refractivity contribution < 1.29 is 19.1 Å². The summed E-state index contributed by atoms with van der Waals surface area (Å²) in [6.07, 6.45) is 3.09. The molecule has 0 saturated carbocycles. The van der Waals surface area contributed by atoms with Gasteiger partial charge in [0.1, 0.15) is 0 Å². The Kier molecular flexibility index (Phi) is 6.36. The molecule has 18 heavy (non-hydrogen) atoms. The van der Waals surface area contributed by atoms with Crippen molar-refractivity contribution in [1.82, 2.24) is 0 Å². The van der Waals surface area contributed by atoms with Crippen molar-refractivity contribution in [2.45, 2.75) is 53.4 Å². The zero-order chi connectivity index (χ0) is 14.4. The van der Waals surface area contributed by atoms with Crippen LogP contribution < -0.4 is 0 Å². The lowest BCUT2D eigenvalue weighted by Gasteiger charge is -2.33. The van der Waals surface area contributed by atoms with Gasteiger partial charge < -0.3 is 9.47 Å². The number of esters is 2. The predicted octanol–water partition coefficient (Wildman–Crippen LogP) is 2.95. The zero-order valence-electron chi connectivity index (χ0n) is 12.5. The van der Waals surface area contributed by atoms with Crippen LogP contribution in [0.25, 0.3) is 0 Å². The molecule has 0 radical (unpaired) electrons. The molecule has 0 aromatic rings. The van der Waals surface area contributed by atoms with Crippen molar-refractivity contribution >= 4 is 11.9 Å². The zero-order valence-corrected chi connectivity index (χ0v) is 12.5. The van der Waals surface area contributed by atoms with Gasteiger partial charge in [0.05, 0.1) is 25.0 Å². The van der Waals surface area contributed by atoms with E-state index in [0.717, 1.165) is 19.3 Å². The third-order valence-electron chi connectivity index (χ3n) is 3.33. The fraction of sp³-hybridized carbons (Fsp3) is 0.857. The lowest BCUT2D eigenvalue weighted by molar-refractivity contribution is -0.160. The SMILES string of the molecule is CCCCC(C)(CC(C)(C)C(=O)OC)C(=O)OC. The van der Waals surface area contributed by atoms with Gasteiger partial charge in [-0.3, -0.25) is 9.59 Å². The standard InChI is InChI=1S/C14H26O4/c1-7-8-9-14(4,12(16)18-6)10-13(2,3)11(15)17-5/h7-10H2,1-6H3. The first-order valence-corrected chi connectivity index (χ1v) is 6.40. The maximum Gasteiger partial charge on any atom is 0.311 e. The summed E-state index contributed by atoms with van der Waals surface area (Å²) in [6.45, 7) is 7.53. The second-order valence-electron chi connectivity index (χ2n) is 5.71. The van der Waals surface area contributed by atoms with Gasteiger partial charge in [0.25, 0.3) is 0 Å². The van der Waals surface area contributed by atoms with E-state index in [4.69, 9.17) is 9.47 Å². The molecule has 106 valence electrons. The van der Waals surface area contributed by atoms with Gasteiger partial charge in [-0.15, -0.1) is 0 Å². The first-order chi connectivity index (χ1) is 8.23. The fourth-order valence-electron chi connectivity index (χ4n) is 2.40. The van der Waals surface area contributed by atoms with Crippen LogP contribution in [0.4, 0.5) is 0 Å². The minimum absolute atomic E-state index is 0.257. The second kappa shape index (κ2) is 6.76. The Bertz CT molecular complexity index is 296. The van der Waals surface area contributed by atoms with Gasteiger partial charge in [0.15, 0.2) is 0 Å². The van der Waals surface area contributed by atoms with E-state index in [-0.39, 0.29) is 11.9 Å². The van der Waals surface area contributed by atoms with Gasteiger partial charge in [-0.1, -0.05) is 19.8 Å². The summed E-state index contributed by atoms with van der Waals surface area (Å²) in [5.74, 6) is -0.554. The van der Waals surface area contributed by atoms with E-state index in [2.05, 4.69) is 6.92 Å². The van der Waals surface area contributed by atoms with Gasteiger partial charge >= 0.3 is 11.9 Å². The summed E-state index contributed by atoms with van der Waals surface area (Å²) < 4.78 is 9.67. The topological polar surface area (TPSA) is 52.6 Å². The summed E-state index contributed by atoms with van der Waals surface area (Å²) in [7, 11) is 2.75. The largest absolute Gasteiger partial charge is 0.469 e. The van der Waals surface area contributed by atoms with Crippen molar-refractivity contribution in [2.75, 3.05) is 14.2 Å². The van der Waals surface area contributed by atoms with E-state index in [9.17, 15) is 9.59 Å². The number of carbonyl (C=O) groups excluding carboxylic acids is 2. The highest BCUT2D eigenvalue weighted by atomic mass is 16.5. The Balaban J connectivity index is 4.99. The van der Waals surface area contributed by atoms with Crippen LogP contribution in [0.1, 0.15) is 53.4 Å². The predicted molar refractivity (Wildman–Crippen MR) is 70.1 cm³/mol. The Labute approximate surface area is 110 Å². The van der Waals surface area contributed by atoms with E-state index < -0.39 is 10.8 Å². The van der Waals surface area contributed by atoms with E-state index in [1.165, 1.54) is 14.2 Å². The molecule has 0 heterocycles. The summed E-state index contributed by atoms with van der Waals surface area (Å²) in [5, 5.41) is 0. The lowest BCUT2D eigenvalue weighted by Crippen LogP contribution is -2.38. The van der Waals surface area contributed by atoms with Gasteiger partial charge in [0, 0.05) is 0 Å². The van der Waals surface area contributed by atoms with E-state index in [1.807, 2.05) is 6.92 Å². The number of ether oxygens (including phenoxy) is 2. The van der Waals surface area contributed by atoms with Crippen molar-refractivity contribution in [3.63, 3.8) is 0 Å². The molecule has 0 spiro atoms. The molecule has 1 unspecified atom stereocenters. The number of rotatable bonds is 7. The number of hydrogen-bond donors (Lipinski definition) is 0. The Morgan fingerprint density at radius 2 is 1.50 bits per heavy atom. The van der Waals surface area contributed by atoms with Crippen LogP contribution in [-0.2, 0) is 19.1 Å². The maximum atomic E-state index is 12.0. The average Bonchev–Trinajstić information content (AvgIpc) is 2.33. The molecule has 1 atom stereocenters. The fourth-order valence-corrected chi connectivity index (χ4v) is 2.40. The Hall–Kier alpha value is -1.06. The highest BCUT2D eigenvalue weighted by Gasteiger charge is 2.42. The molecule has 0 aromatic carbocycles. The third-order valence-corrected chi connectivity index (χ3v) is 3.33. The van der Waals surface area contributed by atoms with Crippen LogP contribution >= 0.6 is 0 Å². The molecule has 0 fully saturated rings. The van der Waals surface area contributed by atoms with Crippen LogP contribution in [-0.4, -0.2) is 26.2 Å². The quantitative estimate of drug-likeness (QED) is 0.659. The van der Waals surface area contributed by atoms with Crippen LogP contribution in [0, 0.1) is 10.8 Å². The second-order valence-corrected chi connectivity index (χ2v) is 5.71. The number of hydrogen-bond acceptors (Lipinski definition) is 4. The molecule has 0 aromatic heterocycles. The maximum absolute atomic E-state index is 12.0. The molecular weight excluding hydrogens is 232 g/mol. The third kappa shape index (κ3) is 4.31. The number of unbranched alkanes of at least 4 members (excludes halogenated alkanes) is 1. The van der Waals surface area contributed by atoms with E-state index in [1.54, 1.807) is 13.8 Å². The molecule has 4 heteroatoms. The van der Waals surface area contributed by atoms with Gasteiger partial charge in [-0.2, -0.15) is 0 Å². The first-order valence-electron chi connectivity index (χ1n) is 6.40. The van der Waals surface area contributed by atoms with Gasteiger partial charge in [-0.25, -0.2) is 0 Å². The molecule has 0 saturated heterocycles. The van der Waals surface area contributed by atoms with E-state index >= 15 is 0 Å². The molecule has 0 aliphatic heterocycles. The summed E-state index contributed by atoms with van der Waals surface area (Å²) in [4.78, 5) is 23.7. The summed E-state index contributed by atoms with van der Waals surface area (Å²) >= 11 is 0. The lowest BCUT2D eigenvalue weighted by atomic mass is 9.71. The molecule has 0 N–H and O–H groups in total. The van der Waals surface area contributed by atoms with Crippen LogP contribution in [0.15, 0.2) is 0 Å². The van der Waals surface area contributed by atoms with Crippen LogP contribution in [0.3, 0.4) is 0 Å². The molecule has 4 nitrogen and oxygen atoms in total. The van der Waals surface area contributed by atoms with Gasteiger partial charge in [-0.05, 0) is 33.6 Å². The molecular formula is C14H26O4. The van der Waals surface area contributed by atoms with E-state index in [0.29, 0.717) is 6.42 Å². The minimum atomic E-state index is -0.689. The normalized spacial score (nSPS) is 14.8.